The minimum Gasteiger partial charge on any atom is -0.497 e. The molecule has 0 aliphatic carbocycles. The Labute approximate surface area is 83.2 Å². The Kier molecular flexibility index (Phi) is 3.94. The van der Waals surface area contributed by atoms with Crippen molar-refractivity contribution >= 4 is 5.91 Å². The van der Waals surface area contributed by atoms with Crippen LogP contribution in [0.2, 0.25) is 0 Å². The molecule has 0 aliphatic rings. The molecule has 1 aromatic rings. The van der Waals surface area contributed by atoms with Gasteiger partial charge in [-0.2, -0.15) is 0 Å². The Bertz CT molecular complexity index is 313. The fraction of sp³-hybridized carbons (Fsp3) is 0.300. The third-order valence-corrected chi connectivity index (χ3v) is 1.69. The highest BCUT2D eigenvalue weighted by Crippen LogP contribution is 2.11. The molecule has 1 aromatic carbocycles. The second kappa shape index (κ2) is 5.24. The van der Waals surface area contributed by atoms with Crippen LogP contribution in [0, 0.1) is 0 Å². The largest absolute Gasteiger partial charge is 0.497 e. The van der Waals surface area contributed by atoms with E-state index in [0.717, 1.165) is 11.3 Å². The van der Waals surface area contributed by atoms with Crippen LogP contribution in [-0.4, -0.2) is 13.0 Å². The normalized spacial score (nSPS) is 9.57. The van der Waals surface area contributed by atoms with Gasteiger partial charge in [0.2, 0.25) is 5.91 Å². The van der Waals surface area contributed by atoms with Crippen LogP contribution < -0.4 is 15.6 Å². The lowest BCUT2D eigenvalue weighted by atomic mass is 10.2. The van der Waals surface area contributed by atoms with Crippen LogP contribution >= 0.6 is 0 Å². The summed E-state index contributed by atoms with van der Waals surface area (Å²) in [6, 6.07) is 7.65. The SMILES string of the molecule is COc1cccc(CNNC(C)=O)c1. The summed E-state index contributed by atoms with van der Waals surface area (Å²) in [5.41, 5.74) is 6.35. The maximum Gasteiger partial charge on any atom is 0.230 e. The summed E-state index contributed by atoms with van der Waals surface area (Å²) in [5.74, 6) is 0.708. The Hall–Kier alpha value is -1.55. The lowest BCUT2D eigenvalue weighted by Gasteiger charge is -2.06. The quantitative estimate of drug-likeness (QED) is 0.698. The minimum atomic E-state index is -0.104. The molecule has 0 saturated heterocycles. The topological polar surface area (TPSA) is 50.4 Å². The number of carbonyl (C=O) groups is 1. The van der Waals surface area contributed by atoms with Crippen molar-refractivity contribution in [2.24, 2.45) is 0 Å². The molecule has 0 unspecified atom stereocenters. The van der Waals surface area contributed by atoms with Crippen molar-refractivity contribution < 1.29 is 9.53 Å². The van der Waals surface area contributed by atoms with Crippen molar-refractivity contribution in [1.82, 2.24) is 10.9 Å². The van der Waals surface area contributed by atoms with E-state index < -0.39 is 0 Å². The van der Waals surface area contributed by atoms with Crippen molar-refractivity contribution in [2.75, 3.05) is 7.11 Å². The molecule has 1 rings (SSSR count). The van der Waals surface area contributed by atoms with E-state index in [2.05, 4.69) is 10.9 Å². The Morgan fingerprint density at radius 2 is 2.29 bits per heavy atom. The van der Waals surface area contributed by atoms with Crippen molar-refractivity contribution in [3.05, 3.63) is 29.8 Å². The van der Waals surface area contributed by atoms with Gasteiger partial charge in [0.1, 0.15) is 5.75 Å². The summed E-state index contributed by atoms with van der Waals surface area (Å²) in [4.78, 5) is 10.6. The van der Waals surface area contributed by atoms with Crippen molar-refractivity contribution in [2.45, 2.75) is 13.5 Å². The zero-order valence-electron chi connectivity index (χ0n) is 8.33. The van der Waals surface area contributed by atoms with Crippen LogP contribution in [0.4, 0.5) is 0 Å². The Morgan fingerprint density at radius 3 is 2.93 bits per heavy atom. The average Bonchev–Trinajstić information content (AvgIpc) is 2.18. The zero-order valence-corrected chi connectivity index (χ0v) is 8.33. The molecule has 0 heterocycles. The first kappa shape index (κ1) is 10.5. The number of methoxy groups -OCH3 is 1. The first-order valence-electron chi connectivity index (χ1n) is 4.34. The van der Waals surface area contributed by atoms with Gasteiger partial charge in [-0.25, -0.2) is 5.43 Å². The van der Waals surface area contributed by atoms with E-state index in [1.807, 2.05) is 24.3 Å². The second-order valence-electron chi connectivity index (χ2n) is 2.89. The molecule has 0 spiro atoms. The van der Waals surface area contributed by atoms with Gasteiger partial charge in [-0.15, -0.1) is 0 Å². The highest BCUT2D eigenvalue weighted by Gasteiger charge is 1.95. The fourth-order valence-corrected chi connectivity index (χ4v) is 1.05. The van der Waals surface area contributed by atoms with Gasteiger partial charge in [0, 0.05) is 13.5 Å². The van der Waals surface area contributed by atoms with Gasteiger partial charge in [0.05, 0.1) is 7.11 Å². The predicted octanol–water partition coefficient (Wildman–Crippen LogP) is 0.836. The number of carbonyl (C=O) groups excluding carboxylic acids is 1. The second-order valence-corrected chi connectivity index (χ2v) is 2.89. The maximum absolute atomic E-state index is 10.6. The third-order valence-electron chi connectivity index (χ3n) is 1.69. The monoisotopic (exact) mass is 194 g/mol. The van der Waals surface area contributed by atoms with Crippen LogP contribution in [-0.2, 0) is 11.3 Å². The zero-order chi connectivity index (χ0) is 10.4. The summed E-state index contributed by atoms with van der Waals surface area (Å²) in [5, 5.41) is 0. The molecule has 1 amide bonds. The molecule has 0 radical (unpaired) electrons. The number of hydrogen-bond acceptors (Lipinski definition) is 3. The summed E-state index contributed by atoms with van der Waals surface area (Å²) in [6.07, 6.45) is 0. The minimum absolute atomic E-state index is 0.104. The first-order chi connectivity index (χ1) is 6.72. The predicted molar refractivity (Wildman–Crippen MR) is 53.7 cm³/mol. The van der Waals surface area contributed by atoms with Gasteiger partial charge in [-0.1, -0.05) is 12.1 Å². The molecule has 0 aliphatic heterocycles. The Balaban J connectivity index is 2.46. The summed E-state index contributed by atoms with van der Waals surface area (Å²) < 4.78 is 5.07. The van der Waals surface area contributed by atoms with E-state index in [0.29, 0.717) is 6.54 Å². The van der Waals surface area contributed by atoms with E-state index in [1.54, 1.807) is 7.11 Å². The van der Waals surface area contributed by atoms with Crippen molar-refractivity contribution in [3.63, 3.8) is 0 Å². The van der Waals surface area contributed by atoms with Crippen LogP contribution in [0.5, 0.6) is 5.75 Å². The van der Waals surface area contributed by atoms with E-state index in [-0.39, 0.29) is 5.91 Å². The number of hydrogen-bond donors (Lipinski definition) is 2. The molecule has 0 aromatic heterocycles. The average molecular weight is 194 g/mol. The van der Waals surface area contributed by atoms with E-state index in [9.17, 15) is 4.79 Å². The molecule has 4 heteroatoms. The number of amides is 1. The van der Waals surface area contributed by atoms with Crippen LogP contribution in [0.1, 0.15) is 12.5 Å². The smallest absolute Gasteiger partial charge is 0.230 e. The number of hydrazine groups is 1. The number of rotatable bonds is 4. The molecule has 0 bridgehead atoms. The van der Waals surface area contributed by atoms with Crippen LogP contribution in [0.3, 0.4) is 0 Å². The molecule has 4 nitrogen and oxygen atoms in total. The summed E-state index contributed by atoms with van der Waals surface area (Å²) in [7, 11) is 1.63. The summed E-state index contributed by atoms with van der Waals surface area (Å²) >= 11 is 0. The lowest BCUT2D eigenvalue weighted by Crippen LogP contribution is -2.34. The molecule has 0 atom stereocenters. The van der Waals surface area contributed by atoms with Gasteiger partial charge in [-0.3, -0.25) is 10.2 Å². The number of benzene rings is 1. The molecule has 76 valence electrons. The molecule has 2 N–H and O–H groups in total. The van der Waals surface area contributed by atoms with Gasteiger partial charge in [0.15, 0.2) is 0 Å². The molecule has 0 saturated carbocycles. The van der Waals surface area contributed by atoms with E-state index in [1.165, 1.54) is 6.92 Å². The first-order valence-corrected chi connectivity index (χ1v) is 4.34. The highest BCUT2D eigenvalue weighted by atomic mass is 16.5. The van der Waals surface area contributed by atoms with Gasteiger partial charge in [-0.05, 0) is 17.7 Å². The number of ether oxygens (including phenoxy) is 1. The number of nitrogens with one attached hydrogen (secondary N) is 2. The lowest BCUT2D eigenvalue weighted by molar-refractivity contribution is -0.119. The summed E-state index contributed by atoms with van der Waals surface area (Å²) in [6.45, 7) is 2.04. The van der Waals surface area contributed by atoms with E-state index in [4.69, 9.17) is 4.74 Å². The highest BCUT2D eigenvalue weighted by molar-refractivity contribution is 5.72. The van der Waals surface area contributed by atoms with Gasteiger partial charge in [0.25, 0.3) is 0 Å². The van der Waals surface area contributed by atoms with Crippen molar-refractivity contribution in [3.8, 4) is 5.75 Å². The van der Waals surface area contributed by atoms with Gasteiger partial charge < -0.3 is 4.74 Å². The molecular weight excluding hydrogens is 180 g/mol. The third kappa shape index (κ3) is 3.45. The van der Waals surface area contributed by atoms with Crippen LogP contribution in [0.25, 0.3) is 0 Å². The fourth-order valence-electron chi connectivity index (χ4n) is 1.05. The molecule has 14 heavy (non-hydrogen) atoms. The van der Waals surface area contributed by atoms with Gasteiger partial charge >= 0.3 is 0 Å². The van der Waals surface area contributed by atoms with Crippen molar-refractivity contribution in [1.29, 1.82) is 0 Å². The molecule has 0 fully saturated rings. The van der Waals surface area contributed by atoms with Crippen LogP contribution in [0.15, 0.2) is 24.3 Å². The molecular formula is C10H14N2O2. The van der Waals surface area contributed by atoms with E-state index >= 15 is 0 Å². The maximum atomic E-state index is 10.6. The Morgan fingerprint density at radius 1 is 1.50 bits per heavy atom. The standard InChI is InChI=1S/C10H14N2O2/c1-8(13)12-11-7-9-4-3-5-10(6-9)14-2/h3-6,11H,7H2,1-2H3,(H,12,13).